The summed E-state index contributed by atoms with van der Waals surface area (Å²) in [6.45, 7) is 0.575. The van der Waals surface area contributed by atoms with Crippen LogP contribution in [0.15, 0.2) is 21.3 Å². The number of carbonyl (C=O) groups is 1. The van der Waals surface area contributed by atoms with Crippen LogP contribution in [0, 0.1) is 0 Å². The van der Waals surface area contributed by atoms with Gasteiger partial charge in [-0.05, 0) is 50.8 Å². The molecule has 0 aromatic carbocycles. The number of nitrogens with zero attached hydrogens (tertiary/aromatic N) is 2. The fourth-order valence-electron chi connectivity index (χ4n) is 1.66. The van der Waals surface area contributed by atoms with Crippen LogP contribution in [0.25, 0.3) is 0 Å². The third kappa shape index (κ3) is 3.86. The first-order valence-corrected chi connectivity index (χ1v) is 8.08. The Morgan fingerprint density at radius 1 is 1.40 bits per heavy atom. The number of hydrogen-bond donors (Lipinski definition) is 3. The molecule has 0 fully saturated rings. The Labute approximate surface area is 141 Å². The molecule has 0 saturated carbocycles. The minimum Gasteiger partial charge on any atom is -0.369 e. The summed E-state index contributed by atoms with van der Waals surface area (Å²) in [5.74, 6) is 0.286. The molecule has 20 heavy (non-hydrogen) atoms. The van der Waals surface area contributed by atoms with Crippen LogP contribution in [-0.2, 0) is 6.42 Å². The Balaban J connectivity index is 1.85. The molecule has 0 bridgehead atoms. The molecule has 0 radical (unpaired) electrons. The quantitative estimate of drug-likeness (QED) is 0.587. The molecule has 0 aliphatic carbocycles. The van der Waals surface area contributed by atoms with Gasteiger partial charge in [0.05, 0.1) is 31.4 Å². The molecule has 9 heteroatoms. The van der Waals surface area contributed by atoms with Crippen LogP contribution in [0.5, 0.6) is 0 Å². The van der Waals surface area contributed by atoms with Gasteiger partial charge in [-0.15, -0.1) is 0 Å². The monoisotopic (exact) mass is 467 g/mol. The Morgan fingerprint density at radius 2 is 2.15 bits per heavy atom. The van der Waals surface area contributed by atoms with E-state index >= 15 is 0 Å². The maximum absolute atomic E-state index is 12.1. The number of halogens is 3. The summed E-state index contributed by atoms with van der Waals surface area (Å²) in [6.07, 6.45) is 3.27. The van der Waals surface area contributed by atoms with E-state index in [1.807, 2.05) is 0 Å². The van der Waals surface area contributed by atoms with Crippen molar-refractivity contribution < 1.29 is 4.79 Å². The third-order valence-electron chi connectivity index (χ3n) is 2.62. The number of amides is 1. The first-order chi connectivity index (χ1) is 9.47. The van der Waals surface area contributed by atoms with Crippen molar-refractivity contribution in [3.63, 3.8) is 0 Å². The van der Waals surface area contributed by atoms with Gasteiger partial charge in [0.1, 0.15) is 5.69 Å². The average Bonchev–Trinajstić information content (AvgIpc) is 2.96. The normalized spacial score (nSPS) is 10.8. The molecule has 2 aromatic heterocycles. The minimum absolute atomic E-state index is 0.125. The smallest absolute Gasteiger partial charge is 0.280 e. The van der Waals surface area contributed by atoms with E-state index in [-0.39, 0.29) is 5.91 Å². The number of aryl methyl sites for hydroxylation is 1. The summed E-state index contributed by atoms with van der Waals surface area (Å²) in [5.41, 5.74) is 6.96. The zero-order valence-electron chi connectivity index (χ0n) is 10.3. The van der Waals surface area contributed by atoms with Crippen molar-refractivity contribution >= 4 is 59.9 Å². The van der Waals surface area contributed by atoms with Gasteiger partial charge in [0.2, 0.25) is 0 Å². The number of hydrogen-bond acceptors (Lipinski definition) is 3. The second kappa shape index (κ2) is 6.77. The standard InChI is InChI=1S/C11H12Br3N5O/c12-7-4-8(18-9(7)13)10(20)19(14)3-1-2-6-5-16-11(15)17-6/h4-5,18H,1-3H2,(H3,15,16,17). The number of imidazole rings is 1. The maximum Gasteiger partial charge on any atom is 0.280 e. The van der Waals surface area contributed by atoms with Crippen LogP contribution in [0.2, 0.25) is 0 Å². The van der Waals surface area contributed by atoms with Crippen molar-refractivity contribution in [3.8, 4) is 0 Å². The van der Waals surface area contributed by atoms with E-state index in [0.717, 1.165) is 27.6 Å². The second-order valence-corrected chi connectivity index (χ2v) is 6.64. The number of nitrogen functional groups attached to an aromatic ring is 1. The molecule has 2 rings (SSSR count). The van der Waals surface area contributed by atoms with Crippen LogP contribution in [0.3, 0.4) is 0 Å². The summed E-state index contributed by atoms with van der Waals surface area (Å²) in [7, 11) is 0. The van der Waals surface area contributed by atoms with E-state index < -0.39 is 0 Å². The van der Waals surface area contributed by atoms with Gasteiger partial charge in [0.15, 0.2) is 5.95 Å². The molecule has 0 saturated heterocycles. The van der Waals surface area contributed by atoms with Crippen LogP contribution >= 0.6 is 48.0 Å². The Bertz CT molecular complexity index is 589. The molecule has 4 N–H and O–H groups in total. The maximum atomic E-state index is 12.1. The fraction of sp³-hybridized carbons (Fsp3) is 0.273. The van der Waals surface area contributed by atoms with Crippen LogP contribution in [0.4, 0.5) is 5.95 Å². The lowest BCUT2D eigenvalue weighted by atomic mass is 10.2. The summed E-state index contributed by atoms with van der Waals surface area (Å²) < 4.78 is 3.06. The molecule has 6 nitrogen and oxygen atoms in total. The topological polar surface area (TPSA) is 90.8 Å². The molecule has 0 aliphatic rings. The lowest BCUT2D eigenvalue weighted by Gasteiger charge is -2.12. The number of rotatable bonds is 5. The molecule has 0 aliphatic heterocycles. The molecule has 2 aromatic rings. The molecule has 108 valence electrons. The zero-order valence-corrected chi connectivity index (χ0v) is 15.0. The number of carbonyl (C=O) groups excluding carboxylic acids is 1. The molecular weight excluding hydrogens is 458 g/mol. The lowest BCUT2D eigenvalue weighted by Crippen LogP contribution is -2.22. The fourth-order valence-corrected chi connectivity index (χ4v) is 2.76. The van der Waals surface area contributed by atoms with Gasteiger partial charge in [0.25, 0.3) is 5.91 Å². The highest BCUT2D eigenvalue weighted by Gasteiger charge is 2.16. The van der Waals surface area contributed by atoms with E-state index in [2.05, 4.69) is 63.0 Å². The van der Waals surface area contributed by atoms with E-state index in [9.17, 15) is 4.79 Å². The van der Waals surface area contributed by atoms with Gasteiger partial charge in [0, 0.05) is 12.2 Å². The Kier molecular flexibility index (Phi) is 5.28. The number of nitrogens with two attached hydrogens (primary N) is 1. The highest BCUT2D eigenvalue weighted by molar-refractivity contribution is 9.13. The molecule has 0 spiro atoms. The Morgan fingerprint density at radius 3 is 2.70 bits per heavy atom. The van der Waals surface area contributed by atoms with Crippen LogP contribution in [0.1, 0.15) is 22.6 Å². The van der Waals surface area contributed by atoms with Crippen molar-refractivity contribution in [1.82, 2.24) is 18.9 Å². The lowest BCUT2D eigenvalue weighted by molar-refractivity contribution is 0.0873. The summed E-state index contributed by atoms with van der Waals surface area (Å²) in [6, 6.07) is 1.73. The van der Waals surface area contributed by atoms with Gasteiger partial charge in [-0.1, -0.05) is 0 Å². The summed E-state index contributed by atoms with van der Waals surface area (Å²) in [5, 5.41) is 0. The SMILES string of the molecule is Nc1ncc(CCCN(Br)C(=O)c2cc(Br)c(Br)[nH]2)[nH]1. The van der Waals surface area contributed by atoms with Gasteiger partial charge in [-0.3, -0.25) is 8.72 Å². The molecule has 1 amide bonds. The Hall–Kier alpha value is -0.800. The number of aromatic nitrogens is 3. The average molecular weight is 470 g/mol. The van der Waals surface area contributed by atoms with Crippen molar-refractivity contribution in [3.05, 3.63) is 32.7 Å². The second-order valence-electron chi connectivity index (χ2n) is 4.13. The first-order valence-electron chi connectivity index (χ1n) is 5.78. The van der Waals surface area contributed by atoms with Crippen LogP contribution in [-0.4, -0.2) is 31.3 Å². The van der Waals surface area contributed by atoms with E-state index in [1.54, 1.807) is 12.3 Å². The molecule has 0 unspecified atom stereocenters. The number of anilines is 1. The van der Waals surface area contributed by atoms with Gasteiger partial charge < -0.3 is 15.7 Å². The van der Waals surface area contributed by atoms with Crippen molar-refractivity contribution in [2.45, 2.75) is 12.8 Å². The van der Waals surface area contributed by atoms with Gasteiger partial charge in [-0.2, -0.15) is 0 Å². The van der Waals surface area contributed by atoms with Crippen molar-refractivity contribution in [2.75, 3.05) is 12.3 Å². The van der Waals surface area contributed by atoms with E-state index in [1.165, 1.54) is 3.93 Å². The largest absolute Gasteiger partial charge is 0.369 e. The zero-order chi connectivity index (χ0) is 14.7. The molecule has 2 heterocycles. The predicted octanol–water partition coefficient (Wildman–Crippen LogP) is 3.23. The van der Waals surface area contributed by atoms with Crippen LogP contribution < -0.4 is 5.73 Å². The molecular formula is C11H12Br3N5O. The van der Waals surface area contributed by atoms with Gasteiger partial charge in [-0.25, -0.2) is 4.98 Å². The number of aromatic amines is 2. The highest BCUT2D eigenvalue weighted by atomic mass is 79.9. The van der Waals surface area contributed by atoms with Crippen molar-refractivity contribution in [2.24, 2.45) is 0 Å². The van der Waals surface area contributed by atoms with Gasteiger partial charge >= 0.3 is 0 Å². The number of H-pyrrole nitrogens is 2. The predicted molar refractivity (Wildman–Crippen MR) is 87.5 cm³/mol. The summed E-state index contributed by atoms with van der Waals surface area (Å²) in [4.78, 5) is 21.9. The number of nitrogens with one attached hydrogen (secondary N) is 2. The van der Waals surface area contributed by atoms with E-state index in [4.69, 9.17) is 5.73 Å². The van der Waals surface area contributed by atoms with E-state index in [0.29, 0.717) is 18.2 Å². The minimum atomic E-state index is -0.125. The third-order valence-corrected chi connectivity index (χ3v) is 5.08. The first kappa shape index (κ1) is 15.6. The van der Waals surface area contributed by atoms with Crippen molar-refractivity contribution in [1.29, 1.82) is 0 Å². The highest BCUT2D eigenvalue weighted by Crippen LogP contribution is 2.24. The summed E-state index contributed by atoms with van der Waals surface area (Å²) >= 11 is 9.91. The molecule has 0 atom stereocenters.